The number of rotatable bonds is 7. The number of sulfone groups is 1. The number of likely N-dealkylation sites (N-methyl/N-ethyl adjacent to an activating group) is 1. The van der Waals surface area contributed by atoms with Crippen LogP contribution in [0.15, 0.2) is 4.90 Å². The van der Waals surface area contributed by atoms with Crippen LogP contribution in [0.3, 0.4) is 0 Å². The summed E-state index contributed by atoms with van der Waals surface area (Å²) in [5.74, 6) is 0.121. The molecule has 0 saturated heterocycles. The van der Waals surface area contributed by atoms with Crippen LogP contribution in [0.25, 0.3) is 0 Å². The Hall–Kier alpha value is -0.860. The predicted octanol–water partition coefficient (Wildman–Crippen LogP) is 1.13. The van der Waals surface area contributed by atoms with Gasteiger partial charge in [0.2, 0.25) is 0 Å². The van der Waals surface area contributed by atoms with Crippen LogP contribution in [-0.2, 0) is 14.6 Å². The van der Waals surface area contributed by atoms with Gasteiger partial charge in [-0.05, 0) is 31.3 Å². The van der Waals surface area contributed by atoms with Crippen molar-refractivity contribution in [3.8, 4) is 0 Å². The molecule has 108 valence electrons. The molecule has 0 amide bonds. The van der Waals surface area contributed by atoms with Gasteiger partial charge in [0.25, 0.3) is 0 Å². The molecule has 8 heteroatoms. The van der Waals surface area contributed by atoms with Gasteiger partial charge >= 0.3 is 0 Å². The molecule has 1 aliphatic carbocycles. The summed E-state index contributed by atoms with van der Waals surface area (Å²) < 4.78 is 34.0. The molecule has 1 aliphatic rings. The molecule has 0 spiro atoms. The Morgan fingerprint density at radius 1 is 1.53 bits per heavy atom. The number of ether oxygens (including phenoxy) is 1. The molecule has 1 aromatic heterocycles. The SMILES string of the molecule is CCOCCN(C)c1snc(N)c1S(=O)(=O)C1CC1. The number of nitrogen functional groups attached to an aromatic ring is 1. The van der Waals surface area contributed by atoms with Gasteiger partial charge in [-0.25, -0.2) is 8.42 Å². The van der Waals surface area contributed by atoms with E-state index in [1.165, 1.54) is 0 Å². The number of hydrogen-bond acceptors (Lipinski definition) is 7. The molecule has 0 unspecified atom stereocenters. The van der Waals surface area contributed by atoms with E-state index in [9.17, 15) is 8.42 Å². The lowest BCUT2D eigenvalue weighted by molar-refractivity contribution is 0.154. The molecule has 1 aromatic rings. The lowest BCUT2D eigenvalue weighted by Crippen LogP contribution is -2.24. The minimum absolute atomic E-state index is 0.121. The molecule has 1 fully saturated rings. The van der Waals surface area contributed by atoms with Crippen LogP contribution in [0.4, 0.5) is 10.8 Å². The number of nitrogens with zero attached hydrogens (tertiary/aromatic N) is 2. The quantitative estimate of drug-likeness (QED) is 0.760. The minimum Gasteiger partial charge on any atom is -0.382 e. The van der Waals surface area contributed by atoms with E-state index >= 15 is 0 Å². The zero-order valence-corrected chi connectivity index (χ0v) is 12.8. The Labute approximate surface area is 117 Å². The number of hydrogen-bond donors (Lipinski definition) is 1. The van der Waals surface area contributed by atoms with Crippen molar-refractivity contribution in [3.05, 3.63) is 0 Å². The smallest absolute Gasteiger partial charge is 0.187 e. The third-order valence-corrected chi connectivity index (χ3v) is 6.45. The summed E-state index contributed by atoms with van der Waals surface area (Å²) in [7, 11) is -1.49. The lowest BCUT2D eigenvalue weighted by atomic mass is 10.5. The summed E-state index contributed by atoms with van der Waals surface area (Å²) in [5, 5.41) is 0.342. The van der Waals surface area contributed by atoms with E-state index in [0.717, 1.165) is 24.4 Å². The van der Waals surface area contributed by atoms with Crippen molar-refractivity contribution < 1.29 is 13.2 Å². The summed E-state index contributed by atoms with van der Waals surface area (Å²) in [6.07, 6.45) is 1.44. The van der Waals surface area contributed by atoms with Gasteiger partial charge in [0, 0.05) is 20.2 Å². The second-order valence-electron chi connectivity index (χ2n) is 4.56. The van der Waals surface area contributed by atoms with Crippen LogP contribution in [-0.4, -0.2) is 44.8 Å². The number of aromatic nitrogens is 1. The lowest BCUT2D eigenvalue weighted by Gasteiger charge is -2.18. The van der Waals surface area contributed by atoms with Crippen molar-refractivity contribution in [2.45, 2.75) is 29.9 Å². The zero-order valence-electron chi connectivity index (χ0n) is 11.1. The van der Waals surface area contributed by atoms with Crippen LogP contribution in [0, 0.1) is 0 Å². The summed E-state index contributed by atoms with van der Waals surface area (Å²) in [6, 6.07) is 0. The molecule has 2 rings (SSSR count). The van der Waals surface area contributed by atoms with Crippen LogP contribution in [0.2, 0.25) is 0 Å². The van der Waals surface area contributed by atoms with Gasteiger partial charge in [-0.1, -0.05) is 0 Å². The van der Waals surface area contributed by atoms with E-state index in [2.05, 4.69) is 4.37 Å². The topological polar surface area (TPSA) is 85.5 Å². The van der Waals surface area contributed by atoms with Crippen LogP contribution < -0.4 is 10.6 Å². The third-order valence-electron chi connectivity index (χ3n) is 3.03. The van der Waals surface area contributed by atoms with Crippen molar-refractivity contribution in [1.29, 1.82) is 0 Å². The van der Waals surface area contributed by atoms with E-state index in [-0.39, 0.29) is 16.0 Å². The number of anilines is 2. The summed E-state index contributed by atoms with van der Waals surface area (Å²) in [5.41, 5.74) is 5.75. The first-order valence-corrected chi connectivity index (χ1v) is 8.58. The van der Waals surface area contributed by atoms with Gasteiger partial charge in [0.1, 0.15) is 9.90 Å². The first-order valence-electron chi connectivity index (χ1n) is 6.26. The molecule has 1 heterocycles. The van der Waals surface area contributed by atoms with E-state index in [1.54, 1.807) is 0 Å². The van der Waals surface area contributed by atoms with Gasteiger partial charge in [-0.3, -0.25) is 0 Å². The maximum absolute atomic E-state index is 12.4. The molecule has 2 N–H and O–H groups in total. The fourth-order valence-electron chi connectivity index (χ4n) is 1.79. The molecule has 0 aromatic carbocycles. The average Bonchev–Trinajstić information content (AvgIpc) is 3.13. The fraction of sp³-hybridized carbons (Fsp3) is 0.727. The first-order chi connectivity index (χ1) is 8.98. The van der Waals surface area contributed by atoms with E-state index in [0.29, 0.717) is 24.8 Å². The monoisotopic (exact) mass is 305 g/mol. The van der Waals surface area contributed by atoms with Crippen LogP contribution in [0.1, 0.15) is 19.8 Å². The zero-order chi connectivity index (χ0) is 14.0. The Morgan fingerprint density at radius 3 is 2.79 bits per heavy atom. The van der Waals surface area contributed by atoms with Crippen LogP contribution >= 0.6 is 11.5 Å². The minimum atomic E-state index is -3.32. The van der Waals surface area contributed by atoms with Crippen molar-refractivity contribution in [2.75, 3.05) is 37.4 Å². The Morgan fingerprint density at radius 2 is 2.21 bits per heavy atom. The largest absolute Gasteiger partial charge is 0.382 e. The normalized spacial score (nSPS) is 15.7. The number of nitrogens with two attached hydrogens (primary N) is 1. The predicted molar refractivity (Wildman–Crippen MR) is 76.5 cm³/mol. The molecule has 1 saturated carbocycles. The van der Waals surface area contributed by atoms with Crippen molar-refractivity contribution >= 4 is 32.2 Å². The highest BCUT2D eigenvalue weighted by Gasteiger charge is 2.41. The van der Waals surface area contributed by atoms with Gasteiger partial charge in [0.15, 0.2) is 15.7 Å². The van der Waals surface area contributed by atoms with Crippen molar-refractivity contribution in [1.82, 2.24) is 4.37 Å². The van der Waals surface area contributed by atoms with Crippen molar-refractivity contribution in [3.63, 3.8) is 0 Å². The Bertz CT molecular complexity index is 537. The Kier molecular flexibility index (Phi) is 4.32. The Balaban J connectivity index is 2.22. The van der Waals surface area contributed by atoms with Gasteiger partial charge in [-0.15, -0.1) is 0 Å². The molecule has 0 radical (unpaired) electrons. The molecular formula is C11H19N3O3S2. The maximum Gasteiger partial charge on any atom is 0.187 e. The standard InChI is InChI=1S/C11H19N3O3S2/c1-3-17-7-6-14(2)11-9(10(12)13-18-11)19(15,16)8-4-5-8/h8H,3-7H2,1-2H3,(H2,12,13). The van der Waals surface area contributed by atoms with E-state index < -0.39 is 9.84 Å². The van der Waals surface area contributed by atoms with Gasteiger partial charge in [-0.2, -0.15) is 4.37 Å². The maximum atomic E-state index is 12.4. The molecular weight excluding hydrogens is 286 g/mol. The molecule has 0 atom stereocenters. The van der Waals surface area contributed by atoms with E-state index in [4.69, 9.17) is 10.5 Å². The highest BCUT2D eigenvalue weighted by Crippen LogP contribution is 2.42. The molecule has 19 heavy (non-hydrogen) atoms. The van der Waals surface area contributed by atoms with Crippen LogP contribution in [0.5, 0.6) is 0 Å². The third kappa shape index (κ3) is 3.01. The summed E-state index contributed by atoms with van der Waals surface area (Å²) >= 11 is 1.13. The second-order valence-corrected chi connectivity index (χ2v) is 7.48. The summed E-state index contributed by atoms with van der Waals surface area (Å²) in [6.45, 7) is 3.73. The molecule has 6 nitrogen and oxygen atoms in total. The molecule has 0 aliphatic heterocycles. The highest BCUT2D eigenvalue weighted by atomic mass is 32.2. The highest BCUT2D eigenvalue weighted by molar-refractivity contribution is 7.92. The average molecular weight is 305 g/mol. The van der Waals surface area contributed by atoms with Crippen molar-refractivity contribution in [2.24, 2.45) is 0 Å². The summed E-state index contributed by atoms with van der Waals surface area (Å²) in [4.78, 5) is 2.05. The second kappa shape index (κ2) is 5.64. The first kappa shape index (κ1) is 14.5. The van der Waals surface area contributed by atoms with Gasteiger partial charge < -0.3 is 15.4 Å². The van der Waals surface area contributed by atoms with Gasteiger partial charge in [0.05, 0.1) is 11.9 Å². The fourth-order valence-corrected chi connectivity index (χ4v) is 4.83. The molecule has 0 bridgehead atoms. The van der Waals surface area contributed by atoms with E-state index in [1.807, 2.05) is 18.9 Å².